The molecule has 4 amide bonds. The lowest BCUT2D eigenvalue weighted by atomic mass is 10.2. The van der Waals surface area contributed by atoms with E-state index in [1.54, 1.807) is 35.2 Å². The second-order valence-corrected chi connectivity index (χ2v) is 8.63. The highest BCUT2D eigenvalue weighted by Crippen LogP contribution is 2.32. The van der Waals surface area contributed by atoms with Crippen LogP contribution in [0.15, 0.2) is 53.4 Å². The highest BCUT2D eigenvalue weighted by Gasteiger charge is 2.34. The molecule has 34 heavy (non-hydrogen) atoms. The van der Waals surface area contributed by atoms with Gasteiger partial charge in [-0.15, -0.1) is 0 Å². The van der Waals surface area contributed by atoms with E-state index in [4.69, 9.17) is 4.74 Å². The van der Waals surface area contributed by atoms with Crippen LogP contribution in [-0.2, 0) is 14.4 Å². The van der Waals surface area contributed by atoms with E-state index in [2.05, 4.69) is 5.32 Å². The Labute approximate surface area is 199 Å². The number of amides is 4. The number of nitrogens with one attached hydrogen (secondary N) is 1. The fourth-order valence-corrected chi connectivity index (χ4v) is 4.43. The van der Waals surface area contributed by atoms with Gasteiger partial charge >= 0.3 is 0 Å². The van der Waals surface area contributed by atoms with Crippen LogP contribution in [-0.4, -0.2) is 54.1 Å². The first-order chi connectivity index (χ1) is 16.4. The van der Waals surface area contributed by atoms with Crippen molar-refractivity contribution < 1.29 is 28.3 Å². The number of thioether (sulfide) groups is 1. The average Bonchev–Trinajstić information content (AvgIpc) is 3.37. The summed E-state index contributed by atoms with van der Waals surface area (Å²) in [6.45, 7) is 0.506. The van der Waals surface area contributed by atoms with Crippen LogP contribution >= 0.6 is 11.8 Å². The molecule has 1 N–H and O–H groups in total. The van der Waals surface area contributed by atoms with Gasteiger partial charge in [-0.05, 0) is 54.6 Å². The molecule has 0 aliphatic carbocycles. The van der Waals surface area contributed by atoms with Crippen LogP contribution in [0.25, 0.3) is 6.08 Å². The maximum atomic E-state index is 13.8. The van der Waals surface area contributed by atoms with Crippen LogP contribution in [0.3, 0.4) is 0 Å². The Hall–Kier alpha value is -3.66. The van der Waals surface area contributed by atoms with Crippen LogP contribution in [0.4, 0.5) is 14.9 Å². The molecule has 2 aliphatic rings. The van der Waals surface area contributed by atoms with E-state index in [-0.39, 0.29) is 36.1 Å². The molecule has 0 saturated carbocycles. The molecule has 0 radical (unpaired) electrons. The van der Waals surface area contributed by atoms with Crippen molar-refractivity contribution in [2.75, 3.05) is 31.1 Å². The average molecular weight is 484 g/mol. The van der Waals surface area contributed by atoms with E-state index in [0.717, 1.165) is 28.8 Å². The summed E-state index contributed by atoms with van der Waals surface area (Å²) in [5, 5.41) is 2.13. The smallest absolute Gasteiger partial charge is 0.293 e. The maximum Gasteiger partial charge on any atom is 0.293 e. The number of carbonyl (C=O) groups excluding carboxylic acids is 4. The van der Waals surface area contributed by atoms with E-state index < -0.39 is 22.9 Å². The Balaban J connectivity index is 1.22. The van der Waals surface area contributed by atoms with Gasteiger partial charge in [-0.1, -0.05) is 18.2 Å². The highest BCUT2D eigenvalue weighted by molar-refractivity contribution is 8.18. The molecule has 0 bridgehead atoms. The van der Waals surface area contributed by atoms with Gasteiger partial charge in [0.2, 0.25) is 5.91 Å². The molecule has 0 unspecified atom stereocenters. The van der Waals surface area contributed by atoms with Crippen molar-refractivity contribution in [1.29, 1.82) is 0 Å². The number of anilines is 1. The Morgan fingerprint density at radius 2 is 1.88 bits per heavy atom. The largest absolute Gasteiger partial charge is 0.484 e. The number of halogens is 1. The topological polar surface area (TPSA) is 96.0 Å². The molecule has 0 spiro atoms. The minimum Gasteiger partial charge on any atom is -0.484 e. The van der Waals surface area contributed by atoms with Gasteiger partial charge in [0.1, 0.15) is 11.6 Å². The van der Waals surface area contributed by atoms with Crippen LogP contribution in [0.2, 0.25) is 0 Å². The number of hydrogen-bond acceptors (Lipinski definition) is 6. The molecule has 2 fully saturated rings. The highest BCUT2D eigenvalue weighted by atomic mass is 32.2. The van der Waals surface area contributed by atoms with Crippen molar-refractivity contribution in [1.82, 2.24) is 10.2 Å². The molecule has 2 heterocycles. The van der Waals surface area contributed by atoms with Gasteiger partial charge in [-0.2, -0.15) is 0 Å². The van der Waals surface area contributed by atoms with Gasteiger partial charge < -0.3 is 15.0 Å². The Bertz CT molecular complexity index is 1150. The summed E-state index contributed by atoms with van der Waals surface area (Å²) in [4.78, 5) is 51.4. The number of ether oxygens (including phenoxy) is 1. The van der Waals surface area contributed by atoms with E-state index in [1.165, 1.54) is 24.3 Å². The molecule has 176 valence electrons. The van der Waals surface area contributed by atoms with Crippen molar-refractivity contribution >= 4 is 46.5 Å². The van der Waals surface area contributed by atoms with Crippen LogP contribution < -0.4 is 15.0 Å². The quantitative estimate of drug-likeness (QED) is 0.580. The van der Waals surface area contributed by atoms with E-state index in [9.17, 15) is 23.6 Å². The molecular formula is C24H22FN3O5S. The van der Waals surface area contributed by atoms with E-state index >= 15 is 0 Å². The zero-order chi connectivity index (χ0) is 24.1. The summed E-state index contributed by atoms with van der Waals surface area (Å²) in [7, 11) is 0. The summed E-state index contributed by atoms with van der Waals surface area (Å²) in [6, 6.07) is 12.9. The molecule has 0 aromatic heterocycles. The fraction of sp³-hybridized carbons (Fsp3) is 0.250. The van der Waals surface area contributed by atoms with Crippen molar-refractivity contribution in [2.24, 2.45) is 0 Å². The zero-order valence-electron chi connectivity index (χ0n) is 18.2. The standard InChI is InChI=1S/C24H22FN3O5S/c25-19-5-2-1-4-16(19)14-20-23(31)28(24(32)34-20)13-11-26-21(29)15-33-18-9-7-17(8-10-18)27-12-3-6-22(27)30/h1-2,4-5,7-10,14H,3,6,11-13,15H2,(H,26,29)/b20-14-. The number of carbonyl (C=O) groups is 4. The molecule has 2 aromatic rings. The monoisotopic (exact) mass is 483 g/mol. The number of imide groups is 1. The van der Waals surface area contributed by atoms with Crippen LogP contribution in [0, 0.1) is 5.82 Å². The first-order valence-corrected chi connectivity index (χ1v) is 11.5. The molecule has 10 heteroatoms. The summed E-state index contributed by atoms with van der Waals surface area (Å²) >= 11 is 0.732. The molecular weight excluding hydrogens is 461 g/mol. The molecule has 2 saturated heterocycles. The number of hydrogen-bond donors (Lipinski definition) is 1. The molecule has 8 nitrogen and oxygen atoms in total. The van der Waals surface area contributed by atoms with E-state index in [1.807, 2.05) is 0 Å². The third-order valence-electron chi connectivity index (χ3n) is 5.31. The van der Waals surface area contributed by atoms with Crippen LogP contribution in [0.5, 0.6) is 5.75 Å². The van der Waals surface area contributed by atoms with Gasteiger partial charge in [0.15, 0.2) is 6.61 Å². The van der Waals surface area contributed by atoms with Gasteiger partial charge in [0.05, 0.1) is 4.91 Å². The number of nitrogens with zero attached hydrogens (tertiary/aromatic N) is 2. The molecule has 0 atom stereocenters. The second-order valence-electron chi connectivity index (χ2n) is 7.64. The Morgan fingerprint density at radius 1 is 1.12 bits per heavy atom. The fourth-order valence-electron chi connectivity index (χ4n) is 3.58. The summed E-state index contributed by atoms with van der Waals surface area (Å²) in [5.74, 6) is -0.847. The van der Waals surface area contributed by atoms with Gasteiger partial charge in [0, 0.05) is 37.3 Å². The van der Waals surface area contributed by atoms with Gasteiger partial charge in [-0.25, -0.2) is 4.39 Å². The molecule has 2 aromatic carbocycles. The Kier molecular flexibility index (Phi) is 7.27. The van der Waals surface area contributed by atoms with Crippen LogP contribution in [0.1, 0.15) is 18.4 Å². The summed E-state index contributed by atoms with van der Waals surface area (Å²) in [6.07, 6.45) is 2.74. The number of benzene rings is 2. The SMILES string of the molecule is O=C(COc1ccc(N2CCCC2=O)cc1)NCCN1C(=O)S/C(=C\c2ccccc2F)C1=O. The maximum absolute atomic E-state index is 13.8. The summed E-state index contributed by atoms with van der Waals surface area (Å²) in [5.41, 5.74) is 1.01. The van der Waals surface area contributed by atoms with E-state index in [0.29, 0.717) is 18.7 Å². The van der Waals surface area contributed by atoms with Crippen molar-refractivity contribution in [3.63, 3.8) is 0 Å². The minimum absolute atomic E-state index is 0.0103. The number of rotatable bonds is 8. The predicted octanol–water partition coefficient (Wildman–Crippen LogP) is 3.18. The predicted molar refractivity (Wildman–Crippen MR) is 126 cm³/mol. The van der Waals surface area contributed by atoms with Crippen molar-refractivity contribution in [3.8, 4) is 5.75 Å². The third-order valence-corrected chi connectivity index (χ3v) is 6.22. The normalized spacial score (nSPS) is 17.1. The Morgan fingerprint density at radius 3 is 2.59 bits per heavy atom. The van der Waals surface area contributed by atoms with Crippen molar-refractivity contribution in [2.45, 2.75) is 12.8 Å². The minimum atomic E-state index is -0.527. The van der Waals surface area contributed by atoms with Crippen molar-refractivity contribution in [3.05, 3.63) is 64.8 Å². The lowest BCUT2D eigenvalue weighted by molar-refractivity contribution is -0.125. The third kappa shape index (κ3) is 5.45. The molecule has 2 aliphatic heterocycles. The van der Waals surface area contributed by atoms with Gasteiger partial charge in [-0.3, -0.25) is 24.1 Å². The second kappa shape index (κ2) is 10.5. The van der Waals surface area contributed by atoms with Gasteiger partial charge in [0.25, 0.3) is 17.1 Å². The first-order valence-electron chi connectivity index (χ1n) is 10.7. The first kappa shape index (κ1) is 23.5. The lowest BCUT2D eigenvalue weighted by Crippen LogP contribution is -2.38. The lowest BCUT2D eigenvalue weighted by Gasteiger charge is -2.16. The zero-order valence-corrected chi connectivity index (χ0v) is 19.0. The molecule has 4 rings (SSSR count). The summed E-state index contributed by atoms with van der Waals surface area (Å²) < 4.78 is 19.3.